The van der Waals surface area contributed by atoms with Gasteiger partial charge in [0.15, 0.2) is 0 Å². The van der Waals surface area contributed by atoms with Crippen LogP contribution in [0.15, 0.2) is 9.85 Å². The first kappa shape index (κ1) is 16.6. The monoisotopic (exact) mass is 399 g/mol. The second-order valence-corrected chi connectivity index (χ2v) is 7.81. The van der Waals surface area contributed by atoms with Gasteiger partial charge in [-0.3, -0.25) is 0 Å². The van der Waals surface area contributed by atoms with Gasteiger partial charge in [0.2, 0.25) is 5.82 Å². The van der Waals surface area contributed by atoms with Crippen LogP contribution in [0.1, 0.15) is 36.8 Å². The number of esters is 1. The van der Waals surface area contributed by atoms with Crippen LogP contribution >= 0.6 is 27.3 Å². The SMILES string of the molecule is CCOC(=O)c1nc(N[C@@H]2CC[C@H](OC)C2)c2cc(Br)sc2n1. The van der Waals surface area contributed by atoms with Gasteiger partial charge >= 0.3 is 5.97 Å². The second kappa shape index (κ2) is 7.11. The smallest absolute Gasteiger partial charge is 0.376 e. The zero-order valence-corrected chi connectivity index (χ0v) is 15.4. The Morgan fingerprint density at radius 2 is 2.30 bits per heavy atom. The lowest BCUT2D eigenvalue weighted by Crippen LogP contribution is -2.19. The van der Waals surface area contributed by atoms with Crippen LogP contribution in [0.4, 0.5) is 5.82 Å². The summed E-state index contributed by atoms with van der Waals surface area (Å²) in [6, 6.07) is 2.26. The van der Waals surface area contributed by atoms with E-state index in [4.69, 9.17) is 9.47 Å². The van der Waals surface area contributed by atoms with Gasteiger partial charge < -0.3 is 14.8 Å². The number of fused-ring (bicyclic) bond motifs is 1. The Hall–Kier alpha value is -1.25. The average Bonchev–Trinajstić information content (AvgIpc) is 3.12. The van der Waals surface area contributed by atoms with Crippen LogP contribution in [-0.4, -0.2) is 41.8 Å². The lowest BCUT2D eigenvalue weighted by molar-refractivity contribution is 0.0512. The fourth-order valence-electron chi connectivity index (χ4n) is 2.77. The van der Waals surface area contributed by atoms with E-state index in [2.05, 4.69) is 31.2 Å². The summed E-state index contributed by atoms with van der Waals surface area (Å²) in [6.45, 7) is 2.07. The Morgan fingerprint density at radius 3 is 3.00 bits per heavy atom. The van der Waals surface area contributed by atoms with Crippen molar-refractivity contribution in [3.63, 3.8) is 0 Å². The number of anilines is 1. The van der Waals surface area contributed by atoms with E-state index in [-0.39, 0.29) is 18.0 Å². The Bertz CT molecular complexity index is 721. The molecule has 0 aliphatic heterocycles. The number of rotatable bonds is 5. The minimum Gasteiger partial charge on any atom is -0.460 e. The standard InChI is InChI=1S/C15H18BrN3O3S/c1-3-22-15(20)13-18-12(10-7-11(16)23-14(10)19-13)17-8-4-5-9(6-8)21-2/h7-9H,3-6H2,1-2H3,(H,17,18,19)/t8-,9+/m1/s1. The highest BCUT2D eigenvalue weighted by Crippen LogP contribution is 2.34. The van der Waals surface area contributed by atoms with Gasteiger partial charge in [-0.25, -0.2) is 14.8 Å². The minimum atomic E-state index is -0.497. The number of halogens is 1. The number of carbonyl (C=O) groups excluding carboxylic acids is 1. The average molecular weight is 400 g/mol. The number of nitrogens with one attached hydrogen (secondary N) is 1. The number of methoxy groups -OCH3 is 1. The van der Waals surface area contributed by atoms with Crippen molar-refractivity contribution in [1.82, 2.24) is 9.97 Å². The van der Waals surface area contributed by atoms with Crippen LogP contribution < -0.4 is 5.32 Å². The molecule has 2 heterocycles. The second-order valence-electron chi connectivity index (χ2n) is 5.40. The molecule has 124 valence electrons. The predicted octanol–water partition coefficient (Wildman–Crippen LogP) is 3.61. The molecule has 1 N–H and O–H groups in total. The lowest BCUT2D eigenvalue weighted by atomic mass is 10.2. The van der Waals surface area contributed by atoms with Crippen molar-refractivity contribution in [3.05, 3.63) is 15.7 Å². The maximum Gasteiger partial charge on any atom is 0.376 e. The molecule has 8 heteroatoms. The minimum absolute atomic E-state index is 0.0949. The van der Waals surface area contributed by atoms with Crippen LogP contribution in [0.2, 0.25) is 0 Å². The zero-order valence-electron chi connectivity index (χ0n) is 13.0. The van der Waals surface area contributed by atoms with E-state index in [0.29, 0.717) is 12.4 Å². The summed E-state index contributed by atoms with van der Waals surface area (Å²) < 4.78 is 11.4. The molecule has 0 aromatic carbocycles. The predicted molar refractivity (Wildman–Crippen MR) is 93.1 cm³/mol. The maximum atomic E-state index is 12.0. The maximum absolute atomic E-state index is 12.0. The fraction of sp³-hybridized carbons (Fsp3) is 0.533. The van der Waals surface area contributed by atoms with Gasteiger partial charge in [0.05, 0.1) is 21.9 Å². The summed E-state index contributed by atoms with van der Waals surface area (Å²) in [6.07, 6.45) is 3.26. The van der Waals surface area contributed by atoms with Gasteiger partial charge in [-0.2, -0.15) is 0 Å². The van der Waals surface area contributed by atoms with E-state index in [9.17, 15) is 4.79 Å². The normalized spacial score (nSPS) is 20.8. The van der Waals surface area contributed by atoms with E-state index in [1.165, 1.54) is 11.3 Å². The Labute approximate surface area is 146 Å². The van der Waals surface area contributed by atoms with Crippen molar-refractivity contribution in [2.45, 2.75) is 38.3 Å². The first-order valence-electron chi connectivity index (χ1n) is 7.54. The highest BCUT2D eigenvalue weighted by molar-refractivity contribution is 9.11. The van der Waals surface area contributed by atoms with Gasteiger partial charge in [0, 0.05) is 13.2 Å². The number of aromatic nitrogens is 2. The number of carbonyl (C=O) groups is 1. The van der Waals surface area contributed by atoms with Crippen molar-refractivity contribution in [2.75, 3.05) is 19.0 Å². The zero-order chi connectivity index (χ0) is 16.4. The molecule has 23 heavy (non-hydrogen) atoms. The molecule has 0 unspecified atom stereocenters. The molecule has 1 aliphatic carbocycles. The summed E-state index contributed by atoms with van der Waals surface area (Å²) in [7, 11) is 1.74. The third-order valence-electron chi connectivity index (χ3n) is 3.88. The molecule has 3 rings (SSSR count). The topological polar surface area (TPSA) is 73.3 Å². The molecule has 1 fully saturated rings. The molecule has 0 spiro atoms. The number of hydrogen-bond donors (Lipinski definition) is 1. The molecule has 0 bridgehead atoms. The molecule has 1 saturated carbocycles. The summed E-state index contributed by atoms with van der Waals surface area (Å²) in [5.41, 5.74) is 0. The summed E-state index contributed by atoms with van der Waals surface area (Å²) in [4.78, 5) is 21.5. The number of thiophene rings is 1. The van der Waals surface area contributed by atoms with Crippen LogP contribution in [0, 0.1) is 0 Å². The van der Waals surface area contributed by atoms with Crippen LogP contribution in [0.3, 0.4) is 0 Å². The van der Waals surface area contributed by atoms with Gasteiger partial charge in [-0.05, 0) is 48.2 Å². The Morgan fingerprint density at radius 1 is 1.48 bits per heavy atom. The molecule has 2 aromatic rings. The Kier molecular flexibility index (Phi) is 5.13. The largest absolute Gasteiger partial charge is 0.460 e. The summed E-state index contributed by atoms with van der Waals surface area (Å²) >= 11 is 4.94. The molecule has 2 aromatic heterocycles. The first-order valence-corrected chi connectivity index (χ1v) is 9.15. The molecular formula is C15H18BrN3O3S. The van der Waals surface area contributed by atoms with Crippen molar-refractivity contribution in [1.29, 1.82) is 0 Å². The molecule has 0 saturated heterocycles. The quantitative estimate of drug-likeness (QED) is 0.774. The first-order chi connectivity index (χ1) is 11.1. The van der Waals surface area contributed by atoms with Crippen molar-refractivity contribution in [3.8, 4) is 0 Å². The van der Waals surface area contributed by atoms with E-state index >= 15 is 0 Å². The number of ether oxygens (including phenoxy) is 2. The van der Waals surface area contributed by atoms with Gasteiger partial charge in [-0.15, -0.1) is 11.3 Å². The van der Waals surface area contributed by atoms with Crippen molar-refractivity contribution < 1.29 is 14.3 Å². The number of hydrogen-bond acceptors (Lipinski definition) is 7. The van der Waals surface area contributed by atoms with Gasteiger partial charge in [0.25, 0.3) is 0 Å². The fourth-order valence-corrected chi connectivity index (χ4v) is 4.22. The summed E-state index contributed by atoms with van der Waals surface area (Å²) in [5, 5.41) is 4.36. The highest BCUT2D eigenvalue weighted by atomic mass is 79.9. The van der Waals surface area contributed by atoms with Crippen molar-refractivity contribution in [2.24, 2.45) is 0 Å². The van der Waals surface area contributed by atoms with Gasteiger partial charge in [0.1, 0.15) is 10.6 Å². The van der Waals surface area contributed by atoms with E-state index in [0.717, 1.165) is 33.3 Å². The lowest BCUT2D eigenvalue weighted by Gasteiger charge is -2.14. The van der Waals surface area contributed by atoms with E-state index in [1.807, 2.05) is 6.07 Å². The molecule has 6 nitrogen and oxygen atoms in total. The summed E-state index contributed by atoms with van der Waals surface area (Å²) in [5.74, 6) is 0.280. The number of nitrogens with zero attached hydrogens (tertiary/aromatic N) is 2. The van der Waals surface area contributed by atoms with E-state index < -0.39 is 5.97 Å². The van der Waals surface area contributed by atoms with Crippen LogP contribution in [-0.2, 0) is 9.47 Å². The molecule has 0 amide bonds. The van der Waals surface area contributed by atoms with Crippen LogP contribution in [0.25, 0.3) is 10.2 Å². The highest BCUT2D eigenvalue weighted by Gasteiger charge is 2.26. The van der Waals surface area contributed by atoms with Gasteiger partial charge in [-0.1, -0.05) is 0 Å². The molecule has 0 radical (unpaired) electrons. The molecule has 2 atom stereocenters. The Balaban J connectivity index is 1.92. The van der Waals surface area contributed by atoms with Crippen molar-refractivity contribution >= 4 is 49.3 Å². The van der Waals surface area contributed by atoms with Crippen LogP contribution in [0.5, 0.6) is 0 Å². The molecular weight excluding hydrogens is 382 g/mol. The third kappa shape index (κ3) is 3.64. The third-order valence-corrected chi connectivity index (χ3v) is 5.41. The molecule has 1 aliphatic rings. The van der Waals surface area contributed by atoms with E-state index in [1.54, 1.807) is 14.0 Å².